The van der Waals surface area contributed by atoms with Crippen LogP contribution in [0.4, 0.5) is 5.13 Å². The van der Waals surface area contributed by atoms with Crippen LogP contribution in [0.5, 0.6) is 0 Å². The fraction of sp³-hybridized carbons (Fsp3) is 0.727. The van der Waals surface area contributed by atoms with Crippen molar-refractivity contribution in [2.75, 3.05) is 11.9 Å². The highest BCUT2D eigenvalue weighted by Crippen LogP contribution is 2.30. The molecule has 0 aliphatic carbocycles. The van der Waals surface area contributed by atoms with Crippen molar-refractivity contribution in [1.82, 2.24) is 4.98 Å². The van der Waals surface area contributed by atoms with Crippen LogP contribution in [-0.2, 0) is 0 Å². The molecule has 0 amide bonds. The van der Waals surface area contributed by atoms with Gasteiger partial charge < -0.3 is 10.6 Å². The van der Waals surface area contributed by atoms with Crippen molar-refractivity contribution in [2.24, 2.45) is 5.73 Å². The van der Waals surface area contributed by atoms with Crippen LogP contribution in [-0.4, -0.2) is 18.1 Å². The number of rotatable bonds is 4. The van der Waals surface area contributed by atoms with Gasteiger partial charge in [0.25, 0.3) is 0 Å². The van der Waals surface area contributed by atoms with Gasteiger partial charge in [-0.3, -0.25) is 0 Å². The Morgan fingerprint density at radius 2 is 2.07 bits per heavy atom. The summed E-state index contributed by atoms with van der Waals surface area (Å²) in [5, 5.41) is 1.08. The van der Waals surface area contributed by atoms with Gasteiger partial charge in [0.1, 0.15) is 0 Å². The van der Waals surface area contributed by atoms with Gasteiger partial charge in [0.2, 0.25) is 0 Å². The fourth-order valence-corrected chi connectivity index (χ4v) is 2.51. The van der Waals surface area contributed by atoms with Crippen LogP contribution in [0.25, 0.3) is 0 Å². The molecule has 3 nitrogen and oxygen atoms in total. The second kappa shape index (κ2) is 4.94. The number of aromatic nitrogens is 1. The second-order valence-corrected chi connectivity index (χ2v) is 5.11. The van der Waals surface area contributed by atoms with E-state index in [-0.39, 0.29) is 6.04 Å². The number of nitrogens with zero attached hydrogens (tertiary/aromatic N) is 2. The summed E-state index contributed by atoms with van der Waals surface area (Å²) in [5.74, 6) is 0. The molecule has 1 rings (SSSR count). The van der Waals surface area contributed by atoms with E-state index in [0.717, 1.165) is 17.2 Å². The van der Waals surface area contributed by atoms with E-state index in [4.69, 9.17) is 5.73 Å². The maximum Gasteiger partial charge on any atom is 0.185 e. The van der Waals surface area contributed by atoms with Crippen LogP contribution in [0.15, 0.2) is 0 Å². The van der Waals surface area contributed by atoms with E-state index < -0.39 is 0 Å². The third-order valence-electron chi connectivity index (χ3n) is 2.79. The zero-order chi connectivity index (χ0) is 11.6. The van der Waals surface area contributed by atoms with Gasteiger partial charge in [0.05, 0.1) is 5.69 Å². The molecule has 0 saturated carbocycles. The molecule has 0 aliphatic rings. The molecule has 1 heterocycles. The number of anilines is 1. The smallest absolute Gasteiger partial charge is 0.185 e. The molecular formula is C11H21N3S. The van der Waals surface area contributed by atoms with E-state index in [9.17, 15) is 0 Å². The van der Waals surface area contributed by atoms with Crippen molar-refractivity contribution in [3.8, 4) is 0 Å². The van der Waals surface area contributed by atoms with Crippen molar-refractivity contribution in [3.63, 3.8) is 0 Å². The summed E-state index contributed by atoms with van der Waals surface area (Å²) >= 11 is 1.71. The van der Waals surface area contributed by atoms with Gasteiger partial charge in [-0.1, -0.05) is 6.92 Å². The van der Waals surface area contributed by atoms with E-state index in [2.05, 4.69) is 30.8 Å². The molecule has 4 heteroatoms. The van der Waals surface area contributed by atoms with Crippen LogP contribution in [0.2, 0.25) is 0 Å². The lowest BCUT2D eigenvalue weighted by molar-refractivity contribution is 0.661. The van der Waals surface area contributed by atoms with Gasteiger partial charge in [-0.15, -0.1) is 11.3 Å². The lowest BCUT2D eigenvalue weighted by Crippen LogP contribution is -2.27. The maximum atomic E-state index is 5.89. The summed E-state index contributed by atoms with van der Waals surface area (Å²) in [6.45, 7) is 8.44. The van der Waals surface area contributed by atoms with Crippen molar-refractivity contribution in [2.45, 2.75) is 46.2 Å². The molecule has 1 aromatic rings. The predicted molar refractivity (Wildman–Crippen MR) is 67.6 cm³/mol. The quantitative estimate of drug-likeness (QED) is 0.860. The summed E-state index contributed by atoms with van der Waals surface area (Å²) in [6.07, 6.45) is 1.13. The molecule has 0 saturated heterocycles. The number of aryl methyl sites for hydroxylation is 1. The van der Waals surface area contributed by atoms with Crippen molar-refractivity contribution in [1.29, 1.82) is 0 Å². The standard InChI is InChI=1S/C11H21N3S/c1-6-7(2)14(5)11-13-9(4)10(15-11)8(3)12/h7-8H,6,12H2,1-5H3. The Hall–Kier alpha value is -0.610. The topological polar surface area (TPSA) is 42.2 Å². The van der Waals surface area contributed by atoms with Gasteiger partial charge >= 0.3 is 0 Å². The summed E-state index contributed by atoms with van der Waals surface area (Å²) < 4.78 is 0. The summed E-state index contributed by atoms with van der Waals surface area (Å²) in [6, 6.07) is 0.609. The Kier molecular flexibility index (Phi) is 4.11. The van der Waals surface area contributed by atoms with Crippen molar-refractivity contribution < 1.29 is 0 Å². The first-order valence-electron chi connectivity index (χ1n) is 5.43. The minimum atomic E-state index is 0.0848. The molecule has 0 bridgehead atoms. The highest BCUT2D eigenvalue weighted by Gasteiger charge is 2.16. The van der Waals surface area contributed by atoms with E-state index in [0.29, 0.717) is 6.04 Å². The van der Waals surface area contributed by atoms with Crippen LogP contribution >= 0.6 is 11.3 Å². The molecule has 0 aromatic carbocycles. The Morgan fingerprint density at radius 3 is 2.47 bits per heavy atom. The highest BCUT2D eigenvalue weighted by molar-refractivity contribution is 7.15. The Morgan fingerprint density at radius 1 is 1.47 bits per heavy atom. The molecule has 0 aliphatic heterocycles. The largest absolute Gasteiger partial charge is 0.348 e. The first kappa shape index (κ1) is 12.5. The third kappa shape index (κ3) is 2.69. The average molecular weight is 227 g/mol. The molecule has 2 atom stereocenters. The molecule has 2 unspecified atom stereocenters. The zero-order valence-corrected chi connectivity index (χ0v) is 11.1. The van der Waals surface area contributed by atoms with Gasteiger partial charge in [0, 0.05) is 24.0 Å². The predicted octanol–water partition coefficient (Wildman–Crippen LogP) is 2.71. The van der Waals surface area contributed by atoms with Gasteiger partial charge in [0.15, 0.2) is 5.13 Å². The van der Waals surface area contributed by atoms with Crippen LogP contribution in [0, 0.1) is 6.92 Å². The second-order valence-electron chi connectivity index (χ2n) is 4.10. The fourth-order valence-electron chi connectivity index (χ4n) is 1.43. The highest BCUT2D eigenvalue weighted by atomic mass is 32.1. The third-order valence-corrected chi connectivity index (χ3v) is 4.24. The van der Waals surface area contributed by atoms with E-state index in [1.807, 2.05) is 13.8 Å². The maximum absolute atomic E-state index is 5.89. The molecule has 0 spiro atoms. The molecule has 15 heavy (non-hydrogen) atoms. The molecule has 2 N–H and O–H groups in total. The normalized spacial score (nSPS) is 15.1. The van der Waals surface area contributed by atoms with Gasteiger partial charge in [-0.2, -0.15) is 0 Å². The Balaban J connectivity index is 2.92. The van der Waals surface area contributed by atoms with Crippen LogP contribution in [0.1, 0.15) is 43.8 Å². The number of hydrogen-bond acceptors (Lipinski definition) is 4. The van der Waals surface area contributed by atoms with Gasteiger partial charge in [-0.05, 0) is 27.2 Å². The first-order valence-corrected chi connectivity index (χ1v) is 6.24. The molecule has 0 fully saturated rings. The summed E-state index contributed by atoms with van der Waals surface area (Å²) in [4.78, 5) is 7.99. The average Bonchev–Trinajstić information content (AvgIpc) is 2.58. The summed E-state index contributed by atoms with van der Waals surface area (Å²) in [5.41, 5.74) is 6.96. The molecule has 0 radical (unpaired) electrons. The number of nitrogens with two attached hydrogens (primary N) is 1. The Labute approximate surface area is 96.3 Å². The Bertz CT molecular complexity index is 320. The van der Waals surface area contributed by atoms with Gasteiger partial charge in [-0.25, -0.2) is 4.98 Å². The van der Waals surface area contributed by atoms with E-state index in [1.165, 1.54) is 4.88 Å². The molecule has 1 aromatic heterocycles. The lowest BCUT2D eigenvalue weighted by atomic mass is 10.2. The van der Waals surface area contributed by atoms with Crippen molar-refractivity contribution in [3.05, 3.63) is 10.6 Å². The minimum Gasteiger partial charge on any atom is -0.348 e. The minimum absolute atomic E-state index is 0.0848. The molecular weight excluding hydrogens is 206 g/mol. The van der Waals surface area contributed by atoms with E-state index >= 15 is 0 Å². The monoisotopic (exact) mass is 227 g/mol. The van der Waals surface area contributed by atoms with Crippen molar-refractivity contribution >= 4 is 16.5 Å². The molecule has 86 valence electrons. The summed E-state index contributed by atoms with van der Waals surface area (Å²) in [7, 11) is 2.09. The van der Waals surface area contributed by atoms with Crippen LogP contribution < -0.4 is 10.6 Å². The number of thiazole rings is 1. The zero-order valence-electron chi connectivity index (χ0n) is 10.2. The lowest BCUT2D eigenvalue weighted by Gasteiger charge is -2.22. The number of hydrogen-bond donors (Lipinski definition) is 1. The SMILES string of the molecule is CCC(C)N(C)c1nc(C)c(C(C)N)s1. The van der Waals surface area contributed by atoms with E-state index in [1.54, 1.807) is 11.3 Å². The first-order chi connectivity index (χ1) is 6.97. The van der Waals surface area contributed by atoms with Crippen LogP contribution in [0.3, 0.4) is 0 Å².